The first-order valence-corrected chi connectivity index (χ1v) is 6.50. The summed E-state index contributed by atoms with van der Waals surface area (Å²) in [5.74, 6) is 6.51. The lowest BCUT2D eigenvalue weighted by Gasteiger charge is -2.12. The van der Waals surface area contributed by atoms with Crippen molar-refractivity contribution < 1.29 is 4.74 Å². The minimum Gasteiger partial charge on any atom is -0.464 e. The summed E-state index contributed by atoms with van der Waals surface area (Å²) in [7, 11) is 0. The molecule has 0 saturated carbocycles. The highest BCUT2D eigenvalue weighted by molar-refractivity contribution is 5.63. The van der Waals surface area contributed by atoms with Crippen molar-refractivity contribution >= 4 is 5.57 Å². The molecule has 0 spiro atoms. The van der Waals surface area contributed by atoms with Gasteiger partial charge in [0.25, 0.3) is 0 Å². The van der Waals surface area contributed by atoms with Crippen molar-refractivity contribution in [2.24, 2.45) is 0 Å². The monoisotopic (exact) mass is 242 g/mol. The molecule has 18 heavy (non-hydrogen) atoms. The molecular weight excluding hydrogens is 224 g/mol. The van der Waals surface area contributed by atoms with Gasteiger partial charge in [-0.05, 0) is 31.3 Å². The number of ether oxygens (including phenoxy) is 1. The van der Waals surface area contributed by atoms with Crippen molar-refractivity contribution in [3.8, 4) is 17.7 Å². The number of allylic oxidation sites excluding steroid dienone is 2. The molecule has 0 unspecified atom stereocenters. The van der Waals surface area contributed by atoms with Crippen LogP contribution in [0.15, 0.2) is 18.5 Å². The molecule has 94 valence electrons. The molecule has 2 rings (SSSR count). The summed E-state index contributed by atoms with van der Waals surface area (Å²) < 4.78 is 5.49. The van der Waals surface area contributed by atoms with Crippen LogP contribution in [0.4, 0.5) is 0 Å². The van der Waals surface area contributed by atoms with Gasteiger partial charge in [-0.15, -0.1) is 5.92 Å². The van der Waals surface area contributed by atoms with Crippen LogP contribution in [-0.4, -0.2) is 16.6 Å². The van der Waals surface area contributed by atoms with Gasteiger partial charge in [0, 0.05) is 12.5 Å². The number of hydrogen-bond acceptors (Lipinski definition) is 3. The van der Waals surface area contributed by atoms with E-state index in [-0.39, 0.29) is 0 Å². The van der Waals surface area contributed by atoms with Gasteiger partial charge in [-0.25, -0.2) is 9.97 Å². The van der Waals surface area contributed by atoms with E-state index in [1.54, 1.807) is 6.33 Å². The average Bonchev–Trinajstić information content (AvgIpc) is 2.45. The predicted octanol–water partition coefficient (Wildman–Crippen LogP) is 3.23. The molecular formula is C15H18N2O. The largest absolute Gasteiger partial charge is 0.464 e. The van der Waals surface area contributed by atoms with Gasteiger partial charge in [0.1, 0.15) is 6.33 Å². The van der Waals surface area contributed by atoms with Crippen LogP contribution in [0, 0.1) is 11.8 Å². The Bertz CT molecular complexity index is 483. The summed E-state index contributed by atoms with van der Waals surface area (Å²) in [5, 5.41) is 0. The van der Waals surface area contributed by atoms with E-state index in [4.69, 9.17) is 4.74 Å². The highest BCUT2D eigenvalue weighted by Crippen LogP contribution is 2.26. The van der Waals surface area contributed by atoms with Crippen LogP contribution < -0.4 is 4.74 Å². The molecule has 0 amide bonds. The number of rotatable bonds is 3. The number of hydrogen-bond donors (Lipinski definition) is 0. The van der Waals surface area contributed by atoms with Gasteiger partial charge < -0.3 is 4.74 Å². The van der Waals surface area contributed by atoms with Crippen LogP contribution >= 0.6 is 0 Å². The highest BCUT2D eigenvalue weighted by Gasteiger charge is 2.08. The van der Waals surface area contributed by atoms with E-state index in [9.17, 15) is 0 Å². The third-order valence-electron chi connectivity index (χ3n) is 2.86. The third-order valence-corrected chi connectivity index (χ3v) is 2.86. The maximum Gasteiger partial charge on any atom is 0.217 e. The topological polar surface area (TPSA) is 35.0 Å². The van der Waals surface area contributed by atoms with E-state index in [1.165, 1.54) is 18.4 Å². The van der Waals surface area contributed by atoms with E-state index < -0.39 is 0 Å². The van der Waals surface area contributed by atoms with E-state index in [0.717, 1.165) is 25.0 Å². The van der Waals surface area contributed by atoms with Crippen LogP contribution in [0.25, 0.3) is 5.57 Å². The van der Waals surface area contributed by atoms with E-state index >= 15 is 0 Å². The Morgan fingerprint density at radius 2 is 2.22 bits per heavy atom. The summed E-state index contributed by atoms with van der Waals surface area (Å²) in [4.78, 5) is 8.42. The Balaban J connectivity index is 2.02. The minimum atomic E-state index is 0.392. The van der Waals surface area contributed by atoms with Gasteiger partial charge in [0.15, 0.2) is 6.61 Å². The molecule has 1 aromatic heterocycles. The van der Waals surface area contributed by atoms with Crippen LogP contribution in [0.3, 0.4) is 0 Å². The van der Waals surface area contributed by atoms with Gasteiger partial charge in [-0.2, -0.15) is 0 Å². The normalized spacial score (nSPS) is 14.4. The maximum atomic E-state index is 5.49. The molecule has 1 aromatic rings. The fourth-order valence-corrected chi connectivity index (χ4v) is 1.95. The molecule has 3 nitrogen and oxygen atoms in total. The summed E-state index contributed by atoms with van der Waals surface area (Å²) in [6.07, 6.45) is 9.47. The molecule has 0 N–H and O–H groups in total. The predicted molar refractivity (Wildman–Crippen MR) is 72.0 cm³/mol. The van der Waals surface area contributed by atoms with Crippen LogP contribution in [-0.2, 0) is 0 Å². The number of nitrogens with zero attached hydrogens (tertiary/aromatic N) is 2. The lowest BCUT2D eigenvalue weighted by Crippen LogP contribution is -2.00. The first kappa shape index (κ1) is 12.6. The average molecular weight is 242 g/mol. The van der Waals surface area contributed by atoms with Crippen molar-refractivity contribution in [2.75, 3.05) is 6.61 Å². The van der Waals surface area contributed by atoms with E-state index in [0.29, 0.717) is 12.5 Å². The van der Waals surface area contributed by atoms with Gasteiger partial charge in [0.05, 0.1) is 5.69 Å². The van der Waals surface area contributed by atoms with Crippen molar-refractivity contribution in [2.45, 2.75) is 39.0 Å². The Morgan fingerprint density at radius 1 is 1.28 bits per heavy atom. The fraction of sp³-hybridized carbons (Fsp3) is 0.467. The summed E-state index contributed by atoms with van der Waals surface area (Å²) in [5.41, 5.74) is 2.30. The Morgan fingerprint density at radius 3 is 3.00 bits per heavy atom. The van der Waals surface area contributed by atoms with Gasteiger partial charge in [0.2, 0.25) is 5.88 Å². The zero-order chi connectivity index (χ0) is 12.6. The molecule has 3 heteroatoms. The Hall–Kier alpha value is -1.82. The zero-order valence-electron chi connectivity index (χ0n) is 10.8. The second kappa shape index (κ2) is 6.80. The third kappa shape index (κ3) is 3.59. The molecule has 0 radical (unpaired) electrons. The van der Waals surface area contributed by atoms with Crippen molar-refractivity contribution in [1.82, 2.24) is 9.97 Å². The zero-order valence-corrected chi connectivity index (χ0v) is 10.8. The first-order chi connectivity index (χ1) is 8.90. The number of aromatic nitrogens is 2. The smallest absolute Gasteiger partial charge is 0.217 e. The van der Waals surface area contributed by atoms with Crippen molar-refractivity contribution in [1.29, 1.82) is 0 Å². The lowest BCUT2D eigenvalue weighted by molar-refractivity contribution is 0.354. The SMILES string of the molecule is CCC#CCOc1cc(C2=CCCCC2)ncn1. The molecule has 1 aliphatic carbocycles. The van der Waals surface area contributed by atoms with Gasteiger partial charge in [-0.1, -0.05) is 18.9 Å². The van der Waals surface area contributed by atoms with Crippen LogP contribution in [0.5, 0.6) is 5.88 Å². The quantitative estimate of drug-likeness (QED) is 0.763. The fourth-order valence-electron chi connectivity index (χ4n) is 1.95. The van der Waals surface area contributed by atoms with Crippen LogP contribution in [0.1, 0.15) is 44.7 Å². The summed E-state index contributed by atoms with van der Waals surface area (Å²) >= 11 is 0. The molecule has 0 saturated heterocycles. The molecule has 0 fully saturated rings. The summed E-state index contributed by atoms with van der Waals surface area (Å²) in [6.45, 7) is 2.41. The maximum absolute atomic E-state index is 5.49. The first-order valence-electron chi connectivity index (χ1n) is 6.50. The summed E-state index contributed by atoms with van der Waals surface area (Å²) in [6, 6.07) is 1.91. The highest BCUT2D eigenvalue weighted by atomic mass is 16.5. The molecule has 0 bridgehead atoms. The van der Waals surface area contributed by atoms with Gasteiger partial charge in [-0.3, -0.25) is 0 Å². The molecule has 0 aliphatic heterocycles. The van der Waals surface area contributed by atoms with E-state index in [2.05, 4.69) is 27.9 Å². The minimum absolute atomic E-state index is 0.392. The standard InChI is InChI=1S/C15H18N2O/c1-2-3-7-10-18-15-11-14(16-12-17-15)13-8-5-4-6-9-13/h8,11-12H,2,4-6,9-10H2,1H3. The van der Waals surface area contributed by atoms with Crippen molar-refractivity contribution in [3.63, 3.8) is 0 Å². The second-order valence-corrected chi connectivity index (χ2v) is 4.21. The van der Waals surface area contributed by atoms with Gasteiger partial charge >= 0.3 is 0 Å². The van der Waals surface area contributed by atoms with Crippen LogP contribution in [0.2, 0.25) is 0 Å². The molecule has 0 aromatic carbocycles. The van der Waals surface area contributed by atoms with Crippen molar-refractivity contribution in [3.05, 3.63) is 24.2 Å². The molecule has 1 heterocycles. The molecule has 1 aliphatic rings. The Kier molecular flexibility index (Phi) is 4.78. The molecule has 0 atom stereocenters. The van der Waals surface area contributed by atoms with E-state index in [1.807, 2.05) is 13.0 Å². The lowest BCUT2D eigenvalue weighted by atomic mass is 9.97. The Labute approximate surface area is 108 Å². The second-order valence-electron chi connectivity index (χ2n) is 4.21.